The molecule has 1 heterocycles. The van der Waals surface area contributed by atoms with Crippen molar-refractivity contribution < 1.29 is 4.74 Å². The molecule has 0 radical (unpaired) electrons. The second kappa shape index (κ2) is 5.54. The molecule has 1 aromatic carbocycles. The van der Waals surface area contributed by atoms with Crippen LogP contribution in [0.15, 0.2) is 18.2 Å². The van der Waals surface area contributed by atoms with E-state index in [1.165, 1.54) is 29.7 Å². The summed E-state index contributed by atoms with van der Waals surface area (Å²) < 4.78 is 5.60. The third-order valence-corrected chi connectivity index (χ3v) is 5.53. The van der Waals surface area contributed by atoms with Crippen LogP contribution in [0.2, 0.25) is 0 Å². The first-order valence-electron chi connectivity index (χ1n) is 6.56. The van der Waals surface area contributed by atoms with Gasteiger partial charge in [0, 0.05) is 10.8 Å². The molecule has 0 spiro atoms. The molecule has 2 nitrogen and oxygen atoms in total. The lowest BCUT2D eigenvalue weighted by molar-refractivity contribution is 0.411. The number of thioether (sulfide) groups is 1. The molecule has 1 saturated heterocycles. The molecular weight excluding hydrogens is 242 g/mol. The highest BCUT2D eigenvalue weighted by Gasteiger charge is 2.38. The minimum atomic E-state index is 0.314. The molecule has 2 unspecified atom stereocenters. The predicted molar refractivity (Wildman–Crippen MR) is 79.6 cm³/mol. The van der Waals surface area contributed by atoms with Gasteiger partial charge in [-0.25, -0.2) is 0 Å². The molecule has 0 amide bonds. The quantitative estimate of drug-likeness (QED) is 0.899. The van der Waals surface area contributed by atoms with Crippen LogP contribution in [-0.2, 0) is 0 Å². The van der Waals surface area contributed by atoms with E-state index in [9.17, 15) is 0 Å². The van der Waals surface area contributed by atoms with Gasteiger partial charge in [0.15, 0.2) is 0 Å². The van der Waals surface area contributed by atoms with Crippen molar-refractivity contribution in [2.45, 2.75) is 37.5 Å². The summed E-state index contributed by atoms with van der Waals surface area (Å²) in [4.78, 5) is 0. The molecule has 0 aliphatic carbocycles. The van der Waals surface area contributed by atoms with Gasteiger partial charge in [0.05, 0.1) is 7.11 Å². The largest absolute Gasteiger partial charge is 0.497 e. The summed E-state index contributed by atoms with van der Waals surface area (Å²) in [6.45, 7) is 4.56. The van der Waals surface area contributed by atoms with Crippen LogP contribution < -0.4 is 10.1 Å². The van der Waals surface area contributed by atoms with Gasteiger partial charge in [0.25, 0.3) is 0 Å². The minimum absolute atomic E-state index is 0.314. The van der Waals surface area contributed by atoms with E-state index < -0.39 is 0 Å². The van der Waals surface area contributed by atoms with Gasteiger partial charge in [-0.2, -0.15) is 11.8 Å². The van der Waals surface area contributed by atoms with Gasteiger partial charge in [0.2, 0.25) is 0 Å². The first kappa shape index (κ1) is 13.8. The first-order valence-corrected chi connectivity index (χ1v) is 7.55. The fourth-order valence-electron chi connectivity index (χ4n) is 2.92. The molecule has 1 N–H and O–H groups in total. The molecule has 0 bridgehead atoms. The molecule has 3 heteroatoms. The monoisotopic (exact) mass is 265 g/mol. The highest BCUT2D eigenvalue weighted by atomic mass is 32.2. The van der Waals surface area contributed by atoms with E-state index in [0.717, 1.165) is 5.75 Å². The second-order valence-electron chi connectivity index (χ2n) is 5.21. The van der Waals surface area contributed by atoms with Gasteiger partial charge < -0.3 is 10.1 Å². The van der Waals surface area contributed by atoms with E-state index in [2.05, 4.69) is 56.2 Å². The Balaban J connectivity index is 2.32. The summed E-state index contributed by atoms with van der Waals surface area (Å²) in [5.41, 5.74) is 2.71. The number of hydrogen-bond donors (Lipinski definition) is 1. The van der Waals surface area contributed by atoms with Gasteiger partial charge in [0.1, 0.15) is 5.75 Å². The average Bonchev–Trinajstić information content (AvgIpc) is 2.79. The SMILES string of the molecule is CNC(c1ccc(OC)cc1C)C1(C)CCCS1. The maximum Gasteiger partial charge on any atom is 0.119 e. The van der Waals surface area contributed by atoms with Crippen molar-refractivity contribution in [3.63, 3.8) is 0 Å². The topological polar surface area (TPSA) is 21.3 Å². The Morgan fingerprint density at radius 2 is 2.22 bits per heavy atom. The maximum atomic E-state index is 5.29. The molecule has 18 heavy (non-hydrogen) atoms. The lowest BCUT2D eigenvalue weighted by Crippen LogP contribution is -2.36. The summed E-state index contributed by atoms with van der Waals surface area (Å²) in [7, 11) is 3.79. The van der Waals surface area contributed by atoms with Crippen LogP contribution in [0.4, 0.5) is 0 Å². The third-order valence-electron chi connectivity index (χ3n) is 3.94. The van der Waals surface area contributed by atoms with Crippen LogP contribution in [0.1, 0.15) is 36.9 Å². The molecule has 1 aliphatic rings. The zero-order valence-corrected chi connectivity index (χ0v) is 12.6. The molecule has 0 aromatic heterocycles. The number of rotatable bonds is 4. The lowest BCUT2D eigenvalue weighted by atomic mass is 9.88. The highest BCUT2D eigenvalue weighted by Crippen LogP contribution is 2.47. The van der Waals surface area contributed by atoms with Gasteiger partial charge in [-0.3, -0.25) is 0 Å². The van der Waals surface area contributed by atoms with Crippen LogP contribution in [-0.4, -0.2) is 24.7 Å². The molecule has 1 aliphatic heterocycles. The van der Waals surface area contributed by atoms with Gasteiger partial charge >= 0.3 is 0 Å². The van der Waals surface area contributed by atoms with Crippen LogP contribution in [0, 0.1) is 6.92 Å². The van der Waals surface area contributed by atoms with E-state index in [-0.39, 0.29) is 0 Å². The molecule has 1 aromatic rings. The molecular formula is C15H23NOS. The summed E-state index contributed by atoms with van der Waals surface area (Å²) in [5.74, 6) is 2.22. The van der Waals surface area contributed by atoms with Crippen molar-refractivity contribution >= 4 is 11.8 Å². The van der Waals surface area contributed by atoms with E-state index in [1.807, 2.05) is 0 Å². The third kappa shape index (κ3) is 2.52. The van der Waals surface area contributed by atoms with E-state index in [1.54, 1.807) is 7.11 Å². The fraction of sp³-hybridized carbons (Fsp3) is 0.600. The Labute approximate surface area is 114 Å². The number of methoxy groups -OCH3 is 1. The van der Waals surface area contributed by atoms with Crippen molar-refractivity contribution in [3.8, 4) is 5.75 Å². The summed E-state index contributed by atoms with van der Waals surface area (Å²) in [5, 5.41) is 3.52. The summed E-state index contributed by atoms with van der Waals surface area (Å²) in [6.07, 6.45) is 2.61. The number of ether oxygens (including phenoxy) is 1. The van der Waals surface area contributed by atoms with Crippen molar-refractivity contribution in [3.05, 3.63) is 29.3 Å². The smallest absolute Gasteiger partial charge is 0.119 e. The zero-order chi connectivity index (χ0) is 13.2. The number of nitrogens with one attached hydrogen (secondary N) is 1. The highest BCUT2D eigenvalue weighted by molar-refractivity contribution is 8.00. The van der Waals surface area contributed by atoms with Gasteiger partial charge in [-0.05, 0) is 62.7 Å². The molecule has 2 atom stereocenters. The van der Waals surface area contributed by atoms with Crippen molar-refractivity contribution in [1.29, 1.82) is 0 Å². The number of hydrogen-bond acceptors (Lipinski definition) is 3. The molecule has 2 rings (SSSR count). The summed E-state index contributed by atoms with van der Waals surface area (Å²) >= 11 is 2.10. The Hall–Kier alpha value is -0.670. The Bertz CT molecular complexity index is 413. The normalized spacial score (nSPS) is 25.1. The standard InChI is InChI=1S/C15H23NOS/c1-11-10-12(17-4)6-7-13(11)14(16-3)15(2)8-5-9-18-15/h6-7,10,14,16H,5,8-9H2,1-4H3. The van der Waals surface area contributed by atoms with Crippen molar-refractivity contribution in [2.24, 2.45) is 0 Å². The Morgan fingerprint density at radius 1 is 1.44 bits per heavy atom. The van der Waals surface area contributed by atoms with Gasteiger partial charge in [-0.1, -0.05) is 6.07 Å². The van der Waals surface area contributed by atoms with Crippen LogP contribution in [0.25, 0.3) is 0 Å². The summed E-state index contributed by atoms with van der Waals surface area (Å²) in [6, 6.07) is 6.81. The van der Waals surface area contributed by atoms with Crippen molar-refractivity contribution in [2.75, 3.05) is 19.9 Å². The van der Waals surface area contributed by atoms with Crippen LogP contribution in [0.5, 0.6) is 5.75 Å². The zero-order valence-electron chi connectivity index (χ0n) is 11.7. The Morgan fingerprint density at radius 3 is 2.72 bits per heavy atom. The van der Waals surface area contributed by atoms with Crippen LogP contribution in [0.3, 0.4) is 0 Å². The first-order chi connectivity index (χ1) is 8.60. The minimum Gasteiger partial charge on any atom is -0.497 e. The van der Waals surface area contributed by atoms with E-state index in [4.69, 9.17) is 4.74 Å². The van der Waals surface area contributed by atoms with Crippen LogP contribution >= 0.6 is 11.8 Å². The molecule has 100 valence electrons. The van der Waals surface area contributed by atoms with Gasteiger partial charge in [-0.15, -0.1) is 0 Å². The van der Waals surface area contributed by atoms with E-state index >= 15 is 0 Å². The number of aryl methyl sites for hydroxylation is 1. The Kier molecular flexibility index (Phi) is 4.23. The maximum absolute atomic E-state index is 5.29. The second-order valence-corrected chi connectivity index (χ2v) is 6.84. The predicted octanol–water partition coefficient (Wildman–Crippen LogP) is 3.55. The fourth-order valence-corrected chi connectivity index (χ4v) is 4.37. The lowest BCUT2D eigenvalue weighted by Gasteiger charge is -2.34. The van der Waals surface area contributed by atoms with Crippen molar-refractivity contribution in [1.82, 2.24) is 5.32 Å². The number of benzene rings is 1. The average molecular weight is 265 g/mol. The van der Waals surface area contributed by atoms with E-state index in [0.29, 0.717) is 10.8 Å². The molecule has 1 fully saturated rings. The molecule has 0 saturated carbocycles.